The van der Waals surface area contributed by atoms with Crippen molar-refractivity contribution in [2.45, 2.75) is 18.1 Å². The molecule has 1 N–H and O–H groups in total. The Kier molecular flexibility index (Phi) is 4.55. The molecule has 1 atom stereocenters. The summed E-state index contributed by atoms with van der Waals surface area (Å²) in [6.07, 6.45) is 0.310. The van der Waals surface area contributed by atoms with Gasteiger partial charge in [-0.25, -0.2) is 4.99 Å². The maximum atomic E-state index is 11.6. The van der Waals surface area contributed by atoms with Crippen LogP contribution in [0.1, 0.15) is 29.2 Å². The summed E-state index contributed by atoms with van der Waals surface area (Å²) in [7, 11) is 0. The summed E-state index contributed by atoms with van der Waals surface area (Å²) in [5.74, 6) is 0.592. The molecule has 0 amide bonds. The lowest BCUT2D eigenvalue weighted by Crippen LogP contribution is -2.30. The van der Waals surface area contributed by atoms with Gasteiger partial charge in [-0.05, 0) is 16.7 Å². The average Bonchev–Trinajstić information content (AvgIpc) is 3.18. The molecular weight excluding hydrogens is 322 g/mol. The average molecular weight is 343 g/mol. The number of benzene rings is 3. The smallest absolute Gasteiger partial charge is 0.187 e. The molecule has 3 aromatic rings. The van der Waals surface area contributed by atoms with E-state index >= 15 is 0 Å². The number of nitrogens with zero attached hydrogens (tertiary/aromatic N) is 1. The van der Waals surface area contributed by atoms with Gasteiger partial charge in [-0.2, -0.15) is 0 Å². The first-order valence-electron chi connectivity index (χ1n) is 8.83. The number of hydrogen-bond acceptors (Lipinski definition) is 3. The SMILES string of the molecule is OC(CC1=N[C@H](c2ccccc2)CO1)(c1ccccc1)c1ccccc1. The van der Waals surface area contributed by atoms with E-state index in [2.05, 4.69) is 12.1 Å². The van der Waals surface area contributed by atoms with E-state index in [0.29, 0.717) is 18.9 Å². The molecule has 0 aromatic heterocycles. The first-order chi connectivity index (χ1) is 12.8. The Hall–Kier alpha value is -2.91. The van der Waals surface area contributed by atoms with E-state index in [4.69, 9.17) is 9.73 Å². The molecule has 4 rings (SSSR count). The molecule has 0 bridgehead atoms. The van der Waals surface area contributed by atoms with E-state index in [1.54, 1.807) is 0 Å². The van der Waals surface area contributed by atoms with Gasteiger partial charge in [-0.1, -0.05) is 91.0 Å². The van der Waals surface area contributed by atoms with Crippen molar-refractivity contribution < 1.29 is 9.84 Å². The number of ether oxygens (including phenoxy) is 1. The van der Waals surface area contributed by atoms with Crippen LogP contribution in [0.5, 0.6) is 0 Å². The van der Waals surface area contributed by atoms with Crippen LogP contribution in [0.2, 0.25) is 0 Å². The molecule has 3 heteroatoms. The predicted octanol–water partition coefficient (Wildman–Crippen LogP) is 4.48. The van der Waals surface area contributed by atoms with E-state index < -0.39 is 5.60 Å². The van der Waals surface area contributed by atoms with Crippen molar-refractivity contribution in [1.29, 1.82) is 0 Å². The molecule has 0 fully saturated rings. The van der Waals surface area contributed by atoms with E-state index in [1.165, 1.54) is 0 Å². The molecule has 0 saturated heterocycles. The van der Waals surface area contributed by atoms with Crippen LogP contribution in [0.3, 0.4) is 0 Å². The van der Waals surface area contributed by atoms with Gasteiger partial charge in [-0.15, -0.1) is 0 Å². The second-order valence-corrected chi connectivity index (χ2v) is 6.53. The minimum atomic E-state index is -1.17. The van der Waals surface area contributed by atoms with Crippen LogP contribution < -0.4 is 0 Å². The van der Waals surface area contributed by atoms with Gasteiger partial charge < -0.3 is 9.84 Å². The molecule has 0 radical (unpaired) electrons. The Morgan fingerprint density at radius 2 is 1.31 bits per heavy atom. The first-order valence-corrected chi connectivity index (χ1v) is 8.83. The quantitative estimate of drug-likeness (QED) is 0.742. The third-order valence-corrected chi connectivity index (χ3v) is 4.80. The fraction of sp³-hybridized carbons (Fsp3) is 0.174. The van der Waals surface area contributed by atoms with Crippen molar-refractivity contribution >= 4 is 5.90 Å². The number of rotatable bonds is 5. The first kappa shape index (κ1) is 16.6. The van der Waals surface area contributed by atoms with Crippen LogP contribution in [0, 0.1) is 0 Å². The molecular formula is C23H21NO2. The molecule has 1 aliphatic heterocycles. The minimum Gasteiger partial charge on any atom is -0.478 e. The van der Waals surface area contributed by atoms with Gasteiger partial charge in [-0.3, -0.25) is 0 Å². The molecule has 0 aliphatic carbocycles. The maximum absolute atomic E-state index is 11.6. The normalized spacial score (nSPS) is 16.8. The topological polar surface area (TPSA) is 41.8 Å². The third kappa shape index (κ3) is 3.26. The highest BCUT2D eigenvalue weighted by atomic mass is 16.5. The highest BCUT2D eigenvalue weighted by molar-refractivity contribution is 5.80. The van der Waals surface area contributed by atoms with Gasteiger partial charge in [0.2, 0.25) is 0 Å². The number of aliphatic imine (C=N–C) groups is 1. The zero-order chi connectivity index (χ0) is 17.8. The Morgan fingerprint density at radius 3 is 1.85 bits per heavy atom. The lowest BCUT2D eigenvalue weighted by molar-refractivity contribution is 0.0827. The van der Waals surface area contributed by atoms with Gasteiger partial charge >= 0.3 is 0 Å². The zero-order valence-corrected chi connectivity index (χ0v) is 14.5. The van der Waals surface area contributed by atoms with Crippen molar-refractivity contribution in [2.24, 2.45) is 4.99 Å². The molecule has 130 valence electrons. The Balaban J connectivity index is 1.66. The lowest BCUT2D eigenvalue weighted by Gasteiger charge is -2.29. The van der Waals surface area contributed by atoms with Crippen LogP contribution in [-0.4, -0.2) is 17.6 Å². The van der Waals surface area contributed by atoms with Crippen LogP contribution in [-0.2, 0) is 10.3 Å². The number of aliphatic hydroxyl groups is 1. The summed E-state index contributed by atoms with van der Waals surface area (Å²) in [6, 6.07) is 29.5. The summed E-state index contributed by atoms with van der Waals surface area (Å²) in [5, 5.41) is 11.6. The molecule has 1 heterocycles. The predicted molar refractivity (Wildman–Crippen MR) is 103 cm³/mol. The Morgan fingerprint density at radius 1 is 0.808 bits per heavy atom. The highest BCUT2D eigenvalue weighted by Gasteiger charge is 2.35. The van der Waals surface area contributed by atoms with Crippen LogP contribution in [0.15, 0.2) is 96.0 Å². The van der Waals surface area contributed by atoms with E-state index in [1.807, 2.05) is 78.9 Å². The minimum absolute atomic E-state index is 0.0120. The molecule has 3 nitrogen and oxygen atoms in total. The molecule has 26 heavy (non-hydrogen) atoms. The second-order valence-electron chi connectivity index (χ2n) is 6.53. The van der Waals surface area contributed by atoms with E-state index in [9.17, 15) is 5.11 Å². The van der Waals surface area contributed by atoms with Crippen LogP contribution >= 0.6 is 0 Å². The van der Waals surface area contributed by atoms with E-state index in [0.717, 1.165) is 16.7 Å². The van der Waals surface area contributed by atoms with Crippen molar-refractivity contribution in [3.05, 3.63) is 108 Å². The summed E-state index contributed by atoms with van der Waals surface area (Å²) in [5.41, 5.74) is 1.62. The van der Waals surface area contributed by atoms with Crippen LogP contribution in [0.25, 0.3) is 0 Å². The highest BCUT2D eigenvalue weighted by Crippen LogP contribution is 2.35. The van der Waals surface area contributed by atoms with Crippen molar-refractivity contribution in [1.82, 2.24) is 0 Å². The monoisotopic (exact) mass is 343 g/mol. The lowest BCUT2D eigenvalue weighted by atomic mass is 9.83. The molecule has 0 saturated carbocycles. The fourth-order valence-electron chi connectivity index (χ4n) is 3.38. The van der Waals surface area contributed by atoms with Crippen molar-refractivity contribution in [3.63, 3.8) is 0 Å². The van der Waals surface area contributed by atoms with Crippen LogP contribution in [0.4, 0.5) is 0 Å². The molecule has 1 aliphatic rings. The fourth-order valence-corrected chi connectivity index (χ4v) is 3.38. The Labute approximate surface area is 153 Å². The Bertz CT molecular complexity index is 836. The summed E-state index contributed by atoms with van der Waals surface area (Å²) in [4.78, 5) is 4.73. The summed E-state index contributed by atoms with van der Waals surface area (Å²) >= 11 is 0. The molecule has 3 aromatic carbocycles. The molecule has 0 unspecified atom stereocenters. The zero-order valence-electron chi connectivity index (χ0n) is 14.5. The maximum Gasteiger partial charge on any atom is 0.187 e. The van der Waals surface area contributed by atoms with Gasteiger partial charge in [0.1, 0.15) is 18.2 Å². The van der Waals surface area contributed by atoms with E-state index in [-0.39, 0.29) is 6.04 Å². The van der Waals surface area contributed by atoms with Gasteiger partial charge in [0.15, 0.2) is 5.90 Å². The third-order valence-electron chi connectivity index (χ3n) is 4.80. The second kappa shape index (κ2) is 7.14. The summed E-state index contributed by atoms with van der Waals surface area (Å²) < 4.78 is 5.85. The number of hydrogen-bond donors (Lipinski definition) is 1. The van der Waals surface area contributed by atoms with Gasteiger partial charge in [0.05, 0.1) is 6.42 Å². The molecule has 0 spiro atoms. The van der Waals surface area contributed by atoms with Crippen molar-refractivity contribution in [2.75, 3.05) is 6.61 Å². The largest absolute Gasteiger partial charge is 0.478 e. The van der Waals surface area contributed by atoms with Gasteiger partial charge in [0, 0.05) is 0 Å². The summed E-state index contributed by atoms with van der Waals surface area (Å²) in [6.45, 7) is 0.513. The standard InChI is InChI=1S/C23H21NO2/c25-23(19-12-6-2-7-13-19,20-14-8-3-9-15-20)16-22-24-21(17-26-22)18-10-4-1-5-11-18/h1-15,21,25H,16-17H2/t21-/m0/s1. The van der Waals surface area contributed by atoms with Crippen molar-refractivity contribution in [3.8, 4) is 0 Å². The van der Waals surface area contributed by atoms with Gasteiger partial charge in [0.25, 0.3) is 0 Å².